The number of hydrazine groups is 2. The van der Waals surface area contributed by atoms with Gasteiger partial charge in [0.2, 0.25) is 0 Å². The Morgan fingerprint density at radius 1 is 0.896 bits per heavy atom. The maximum atomic E-state index is 14.3. The summed E-state index contributed by atoms with van der Waals surface area (Å²) in [7, 11) is 0. The lowest BCUT2D eigenvalue weighted by Crippen LogP contribution is -2.60. The molecule has 274 valence electrons. The Kier molecular flexibility index (Phi) is 21.7. The zero-order valence-corrected chi connectivity index (χ0v) is 29.7. The summed E-state index contributed by atoms with van der Waals surface area (Å²) in [5.41, 5.74) is 20.0. The van der Waals surface area contributed by atoms with Crippen LogP contribution in [0.2, 0.25) is 0 Å². The molecule has 0 spiro atoms. The van der Waals surface area contributed by atoms with Gasteiger partial charge in [0.15, 0.2) is 23.5 Å². The second-order valence-corrected chi connectivity index (χ2v) is 13.6. The molecule has 1 rings (SSSR count). The fourth-order valence-corrected chi connectivity index (χ4v) is 6.12. The highest BCUT2D eigenvalue weighted by molar-refractivity contribution is 7.98. The van der Waals surface area contributed by atoms with E-state index in [1.54, 1.807) is 23.7 Å². The molecule has 0 radical (unpaired) electrons. The fraction of sp³-hybridized carbons (Fsp3) is 0.774. The highest BCUT2D eigenvalue weighted by Crippen LogP contribution is 2.23. The molecular weight excluding hydrogens is 638 g/mol. The Bertz CT molecular complexity index is 1040. The van der Waals surface area contributed by atoms with Crippen molar-refractivity contribution in [1.82, 2.24) is 37.2 Å². The number of carbonyl (C=O) groups is 5. The number of ketones is 2. The van der Waals surface area contributed by atoms with Crippen LogP contribution < -0.4 is 43.7 Å². The molecular formula is C31H59N11O5S. The number of hydrogen-bond donors (Lipinski definition) is 10. The van der Waals surface area contributed by atoms with Gasteiger partial charge in [0.05, 0.1) is 36.3 Å². The third-order valence-corrected chi connectivity index (χ3v) is 8.84. The molecule has 0 aromatic rings. The number of thioether (sulfide) groups is 1. The Labute approximate surface area is 289 Å². The number of rotatable bonds is 28. The summed E-state index contributed by atoms with van der Waals surface area (Å²) in [4.78, 5) is 64.3. The van der Waals surface area contributed by atoms with Crippen molar-refractivity contribution in [3.63, 3.8) is 0 Å². The quantitative estimate of drug-likeness (QED) is 0.0157. The standard InChI is InChI=1S/C31H59N11O5S/c1-20(2)16-24(19-45)39-40-25(11-15-48-4)29(47)27(38-22(17-43)8-5-12-36-30(32)33)21(3)28(46)26-10-7-14-42(26)41-23(18-44)9-6-13-37-31(34)35/h17-27,38-41H,5-16H2,1-4H3,(H4,32,33,36)(H4,34,35,37)/t21?,22-,23-,24-,25-,26-,27?/m0/s1. The molecule has 16 nitrogen and oxygen atoms in total. The molecule has 0 aromatic carbocycles. The van der Waals surface area contributed by atoms with Gasteiger partial charge < -0.3 is 36.5 Å². The van der Waals surface area contributed by atoms with E-state index in [4.69, 9.17) is 22.3 Å². The minimum absolute atomic E-state index is 0.146. The first-order chi connectivity index (χ1) is 22.9. The lowest BCUT2D eigenvalue weighted by molar-refractivity contribution is -0.135. The van der Waals surface area contributed by atoms with E-state index in [1.165, 1.54) is 0 Å². The highest BCUT2D eigenvalue weighted by atomic mass is 32.2. The summed E-state index contributed by atoms with van der Waals surface area (Å²) < 4.78 is 0. The van der Waals surface area contributed by atoms with Crippen LogP contribution in [0.15, 0.2) is 0 Å². The van der Waals surface area contributed by atoms with E-state index in [0.29, 0.717) is 76.8 Å². The van der Waals surface area contributed by atoms with Crippen LogP contribution in [-0.4, -0.2) is 115 Å². The third kappa shape index (κ3) is 16.4. The van der Waals surface area contributed by atoms with E-state index in [1.807, 2.05) is 20.1 Å². The minimum atomic E-state index is -1.03. The first-order valence-corrected chi connectivity index (χ1v) is 18.2. The van der Waals surface area contributed by atoms with E-state index in [2.05, 4.69) is 32.2 Å². The molecule has 1 saturated heterocycles. The van der Waals surface area contributed by atoms with Crippen LogP contribution in [0.1, 0.15) is 72.1 Å². The van der Waals surface area contributed by atoms with Crippen LogP contribution in [0.5, 0.6) is 0 Å². The Morgan fingerprint density at radius 2 is 1.48 bits per heavy atom. The van der Waals surface area contributed by atoms with Gasteiger partial charge in [0.1, 0.15) is 18.9 Å². The van der Waals surface area contributed by atoms with Crippen LogP contribution in [0.3, 0.4) is 0 Å². The van der Waals surface area contributed by atoms with Crippen LogP contribution in [0.4, 0.5) is 0 Å². The van der Waals surface area contributed by atoms with Gasteiger partial charge in [-0.15, -0.1) is 0 Å². The monoisotopic (exact) mass is 697 g/mol. The summed E-state index contributed by atoms with van der Waals surface area (Å²) >= 11 is 1.56. The number of nitrogens with one attached hydrogen (secondary N) is 8. The molecule has 0 aliphatic carbocycles. The number of nitrogens with two attached hydrogens (primary N) is 2. The van der Waals surface area contributed by atoms with Crippen molar-refractivity contribution < 1.29 is 24.0 Å². The van der Waals surface area contributed by atoms with Crippen molar-refractivity contribution in [2.75, 3.05) is 31.6 Å². The van der Waals surface area contributed by atoms with E-state index < -0.39 is 42.2 Å². The zero-order valence-electron chi connectivity index (χ0n) is 28.9. The average Bonchev–Trinajstić information content (AvgIpc) is 3.51. The van der Waals surface area contributed by atoms with Crippen molar-refractivity contribution in [2.24, 2.45) is 23.3 Å². The van der Waals surface area contributed by atoms with Gasteiger partial charge in [-0.3, -0.25) is 25.7 Å². The summed E-state index contributed by atoms with van der Waals surface area (Å²) in [6.45, 7) is 7.02. The minimum Gasteiger partial charge on any atom is -0.370 e. The molecule has 0 amide bonds. The van der Waals surface area contributed by atoms with Gasteiger partial charge in [-0.25, -0.2) is 21.3 Å². The molecule has 7 atom stereocenters. The van der Waals surface area contributed by atoms with Crippen molar-refractivity contribution in [3.8, 4) is 0 Å². The molecule has 1 aliphatic heterocycles. The van der Waals surface area contributed by atoms with Gasteiger partial charge in [-0.2, -0.15) is 11.8 Å². The Balaban J connectivity index is 3.24. The number of guanidine groups is 2. The number of nitrogens with zero attached hydrogens (tertiary/aromatic N) is 1. The van der Waals surface area contributed by atoms with Gasteiger partial charge in [0.25, 0.3) is 0 Å². The van der Waals surface area contributed by atoms with Gasteiger partial charge >= 0.3 is 0 Å². The first-order valence-electron chi connectivity index (χ1n) is 16.8. The topological polar surface area (TPSA) is 261 Å². The van der Waals surface area contributed by atoms with Crippen LogP contribution >= 0.6 is 11.8 Å². The third-order valence-electron chi connectivity index (χ3n) is 8.19. The molecule has 1 fully saturated rings. The van der Waals surface area contributed by atoms with Crippen LogP contribution in [-0.2, 0) is 24.0 Å². The number of hydrogen-bond acceptors (Lipinski definition) is 13. The normalized spacial score (nSPS) is 18.6. The van der Waals surface area contributed by atoms with E-state index in [0.717, 1.165) is 18.9 Å². The van der Waals surface area contributed by atoms with Crippen molar-refractivity contribution in [1.29, 1.82) is 10.8 Å². The van der Waals surface area contributed by atoms with Gasteiger partial charge in [-0.05, 0) is 69.3 Å². The molecule has 12 N–H and O–H groups in total. The van der Waals surface area contributed by atoms with Crippen molar-refractivity contribution in [3.05, 3.63) is 0 Å². The smallest absolute Gasteiger partial charge is 0.185 e. The lowest BCUT2D eigenvalue weighted by Gasteiger charge is -2.34. The van der Waals surface area contributed by atoms with E-state index >= 15 is 0 Å². The fourth-order valence-electron chi connectivity index (χ4n) is 5.65. The van der Waals surface area contributed by atoms with E-state index in [-0.39, 0.29) is 29.4 Å². The van der Waals surface area contributed by atoms with Crippen molar-refractivity contribution >= 4 is 54.1 Å². The Morgan fingerprint density at radius 3 is 2.00 bits per heavy atom. The molecule has 0 bridgehead atoms. The SMILES string of the molecule is CSCC[C@H](NN[C@H](C=O)CC(C)C)C(=O)C(N[C@H](C=O)CCCNC(=N)N)C(C)C(=O)[C@@H]1CCCN1N[C@H](C=O)CCCNC(=N)N. The molecule has 17 heteroatoms. The van der Waals surface area contributed by atoms with E-state index in [9.17, 15) is 24.0 Å². The highest BCUT2D eigenvalue weighted by Gasteiger charge is 2.41. The second-order valence-electron chi connectivity index (χ2n) is 12.7. The number of carbonyl (C=O) groups excluding carboxylic acids is 5. The first kappa shape index (κ1) is 43.1. The van der Waals surface area contributed by atoms with Gasteiger partial charge in [-0.1, -0.05) is 20.8 Å². The largest absolute Gasteiger partial charge is 0.370 e. The average molecular weight is 698 g/mol. The molecule has 1 aliphatic rings. The number of aldehydes is 3. The molecule has 1 heterocycles. The molecule has 0 aromatic heterocycles. The summed E-state index contributed by atoms with van der Waals surface area (Å²) in [5, 5.41) is 25.0. The van der Waals surface area contributed by atoms with Gasteiger partial charge in [0, 0.05) is 25.6 Å². The second kappa shape index (κ2) is 24.2. The van der Waals surface area contributed by atoms with Crippen LogP contribution in [0.25, 0.3) is 0 Å². The predicted octanol–water partition coefficient (Wildman–Crippen LogP) is -0.821. The lowest BCUT2D eigenvalue weighted by atomic mass is 9.86. The maximum absolute atomic E-state index is 14.3. The maximum Gasteiger partial charge on any atom is 0.185 e. The van der Waals surface area contributed by atoms with Crippen molar-refractivity contribution in [2.45, 2.75) is 108 Å². The summed E-state index contributed by atoms with van der Waals surface area (Å²) in [6, 6.07) is -4.20. The zero-order chi connectivity index (χ0) is 36.1. The number of Topliss-reactive ketones (excluding diaryl/α,β-unsaturated/α-hetero) is 2. The summed E-state index contributed by atoms with van der Waals surface area (Å²) in [5.74, 6) is -0.786. The Hall–Kier alpha value is -2.96. The molecule has 2 unspecified atom stereocenters. The molecule has 0 saturated carbocycles. The predicted molar refractivity (Wildman–Crippen MR) is 189 cm³/mol. The summed E-state index contributed by atoms with van der Waals surface area (Å²) in [6.07, 6.45) is 8.35. The van der Waals surface area contributed by atoms with Crippen LogP contribution in [0, 0.1) is 22.7 Å². The molecule has 48 heavy (non-hydrogen) atoms.